The molecule has 1 N–H and O–H groups in total. The molecule has 5 aromatic rings. The maximum Gasteiger partial charge on any atom is 0.262 e. The van der Waals surface area contributed by atoms with Gasteiger partial charge in [-0.1, -0.05) is 78.9 Å². The minimum Gasteiger partial charge on any atom is -0.309 e. The SMILES string of the molecule is O=c1[nH]c(CN(Cc2ccccc2)Cc2ccccc2)nc2c1cnn2-c1ccccc1. The van der Waals surface area contributed by atoms with Crippen LogP contribution in [0, 0.1) is 0 Å². The Labute approximate surface area is 185 Å². The van der Waals surface area contributed by atoms with Gasteiger partial charge in [-0.3, -0.25) is 9.69 Å². The molecule has 0 atom stereocenters. The second kappa shape index (κ2) is 8.99. The van der Waals surface area contributed by atoms with Crippen LogP contribution in [0.2, 0.25) is 0 Å². The van der Waals surface area contributed by atoms with Crippen molar-refractivity contribution in [3.63, 3.8) is 0 Å². The number of nitrogens with zero attached hydrogens (tertiary/aromatic N) is 4. The van der Waals surface area contributed by atoms with Gasteiger partial charge in [0.2, 0.25) is 0 Å². The summed E-state index contributed by atoms with van der Waals surface area (Å²) in [5.74, 6) is 0.618. The van der Waals surface area contributed by atoms with Gasteiger partial charge in [0, 0.05) is 13.1 Å². The predicted molar refractivity (Wildman–Crippen MR) is 125 cm³/mol. The lowest BCUT2D eigenvalue weighted by Gasteiger charge is -2.22. The molecule has 0 saturated carbocycles. The van der Waals surface area contributed by atoms with E-state index in [1.54, 1.807) is 10.9 Å². The van der Waals surface area contributed by atoms with Gasteiger partial charge in [0.25, 0.3) is 5.56 Å². The Balaban J connectivity index is 1.49. The average Bonchev–Trinajstić information content (AvgIpc) is 3.25. The average molecular weight is 422 g/mol. The van der Waals surface area contributed by atoms with Crippen molar-refractivity contribution in [3.8, 4) is 5.69 Å². The molecule has 5 rings (SSSR count). The third-order valence-corrected chi connectivity index (χ3v) is 5.36. The summed E-state index contributed by atoms with van der Waals surface area (Å²) in [6, 6.07) is 30.4. The molecular weight excluding hydrogens is 398 g/mol. The zero-order chi connectivity index (χ0) is 21.8. The van der Waals surface area contributed by atoms with E-state index < -0.39 is 0 Å². The number of hydrogen-bond acceptors (Lipinski definition) is 4. The van der Waals surface area contributed by atoms with E-state index in [0.717, 1.165) is 18.8 Å². The summed E-state index contributed by atoms with van der Waals surface area (Å²) in [4.78, 5) is 22.8. The molecule has 0 aliphatic heterocycles. The van der Waals surface area contributed by atoms with Crippen LogP contribution in [0.5, 0.6) is 0 Å². The molecule has 0 amide bonds. The van der Waals surface area contributed by atoms with Gasteiger partial charge in [-0.25, -0.2) is 9.67 Å². The Hall–Kier alpha value is -4.03. The van der Waals surface area contributed by atoms with Gasteiger partial charge in [0.15, 0.2) is 5.65 Å². The predicted octanol–water partition coefficient (Wildman–Crippen LogP) is 4.31. The molecule has 0 fully saturated rings. The summed E-state index contributed by atoms with van der Waals surface area (Å²) in [5, 5.41) is 4.88. The van der Waals surface area contributed by atoms with Crippen LogP contribution in [0.1, 0.15) is 17.0 Å². The maximum atomic E-state index is 12.8. The summed E-state index contributed by atoms with van der Waals surface area (Å²) in [6.45, 7) is 2.00. The van der Waals surface area contributed by atoms with Gasteiger partial charge in [-0.05, 0) is 23.3 Å². The Kier molecular flexibility index (Phi) is 5.59. The highest BCUT2D eigenvalue weighted by Crippen LogP contribution is 2.16. The third-order valence-electron chi connectivity index (χ3n) is 5.36. The van der Waals surface area contributed by atoms with Gasteiger partial charge in [-0.2, -0.15) is 5.10 Å². The van der Waals surface area contributed by atoms with Crippen molar-refractivity contribution in [2.75, 3.05) is 0 Å². The first kappa shape index (κ1) is 19.9. The van der Waals surface area contributed by atoms with Gasteiger partial charge < -0.3 is 4.98 Å². The fourth-order valence-electron chi connectivity index (χ4n) is 3.86. The molecule has 0 radical (unpaired) electrons. The van der Waals surface area contributed by atoms with Crippen LogP contribution < -0.4 is 5.56 Å². The fourth-order valence-corrected chi connectivity index (χ4v) is 3.86. The number of hydrogen-bond donors (Lipinski definition) is 1. The minimum absolute atomic E-state index is 0.174. The van der Waals surface area contributed by atoms with E-state index >= 15 is 0 Å². The summed E-state index contributed by atoms with van der Waals surface area (Å²) in [7, 11) is 0. The molecule has 2 heterocycles. The van der Waals surface area contributed by atoms with Crippen molar-refractivity contribution >= 4 is 11.0 Å². The number of rotatable bonds is 7. The number of nitrogens with one attached hydrogen (secondary N) is 1. The molecule has 0 bridgehead atoms. The van der Waals surface area contributed by atoms with Crippen LogP contribution in [0.25, 0.3) is 16.7 Å². The van der Waals surface area contributed by atoms with Crippen LogP contribution in [0.15, 0.2) is 102 Å². The second-order valence-electron chi connectivity index (χ2n) is 7.76. The number of aromatic nitrogens is 4. The van der Waals surface area contributed by atoms with Crippen molar-refractivity contribution in [2.24, 2.45) is 0 Å². The van der Waals surface area contributed by atoms with Crippen LogP contribution in [-0.4, -0.2) is 24.6 Å². The zero-order valence-electron chi connectivity index (χ0n) is 17.6. The van der Waals surface area contributed by atoms with Gasteiger partial charge in [0.1, 0.15) is 11.2 Å². The molecule has 2 aromatic heterocycles. The molecule has 0 aliphatic rings. The Morgan fingerprint density at radius 2 is 1.31 bits per heavy atom. The fraction of sp³-hybridized carbons (Fsp3) is 0.115. The lowest BCUT2D eigenvalue weighted by molar-refractivity contribution is 0.241. The molecule has 6 nitrogen and oxygen atoms in total. The normalized spacial score (nSPS) is 11.3. The van der Waals surface area contributed by atoms with Crippen LogP contribution >= 0.6 is 0 Å². The van der Waals surface area contributed by atoms with Crippen molar-refractivity contribution in [2.45, 2.75) is 19.6 Å². The Morgan fingerprint density at radius 3 is 1.91 bits per heavy atom. The van der Waals surface area contributed by atoms with Gasteiger partial charge in [0.05, 0.1) is 18.4 Å². The molecule has 3 aromatic carbocycles. The first-order chi connectivity index (χ1) is 15.8. The molecule has 32 heavy (non-hydrogen) atoms. The van der Waals surface area contributed by atoms with Crippen molar-refractivity contribution < 1.29 is 0 Å². The van der Waals surface area contributed by atoms with E-state index in [-0.39, 0.29) is 5.56 Å². The Bertz CT molecular complexity index is 1320. The third kappa shape index (κ3) is 4.36. The summed E-state index contributed by atoms with van der Waals surface area (Å²) < 4.78 is 1.72. The molecule has 0 aliphatic carbocycles. The van der Waals surface area contributed by atoms with E-state index in [0.29, 0.717) is 23.4 Å². The standard InChI is InChI=1S/C26H23N5O/c32-26-23-16-27-31(22-14-8-3-9-15-22)25(23)28-24(29-26)19-30(17-20-10-4-1-5-11-20)18-21-12-6-2-7-13-21/h1-16H,17-19H2,(H,28,29,32). The summed E-state index contributed by atoms with van der Waals surface area (Å²) in [5.41, 5.74) is 3.68. The van der Waals surface area contributed by atoms with Gasteiger partial charge in [-0.15, -0.1) is 0 Å². The Morgan fingerprint density at radius 1 is 0.750 bits per heavy atom. The number of benzene rings is 3. The first-order valence-corrected chi connectivity index (χ1v) is 10.6. The molecule has 0 saturated heterocycles. The lowest BCUT2D eigenvalue weighted by atomic mass is 10.1. The lowest BCUT2D eigenvalue weighted by Crippen LogP contribution is -2.25. The van der Waals surface area contributed by atoms with E-state index in [9.17, 15) is 4.79 Å². The zero-order valence-corrected chi connectivity index (χ0v) is 17.6. The second-order valence-corrected chi connectivity index (χ2v) is 7.76. The number of H-pyrrole nitrogens is 1. The highest BCUT2D eigenvalue weighted by Gasteiger charge is 2.15. The molecular formula is C26H23N5O. The van der Waals surface area contributed by atoms with Crippen molar-refractivity contribution in [3.05, 3.63) is 124 Å². The topological polar surface area (TPSA) is 66.8 Å². The number of fused-ring (bicyclic) bond motifs is 1. The number of para-hydroxylation sites is 1. The largest absolute Gasteiger partial charge is 0.309 e. The van der Waals surface area contributed by atoms with E-state index in [2.05, 4.69) is 39.2 Å². The monoisotopic (exact) mass is 421 g/mol. The smallest absolute Gasteiger partial charge is 0.262 e. The minimum atomic E-state index is -0.174. The van der Waals surface area contributed by atoms with Crippen LogP contribution in [0.4, 0.5) is 0 Å². The maximum absolute atomic E-state index is 12.8. The van der Waals surface area contributed by atoms with Crippen LogP contribution in [-0.2, 0) is 19.6 Å². The molecule has 0 spiro atoms. The van der Waals surface area contributed by atoms with Gasteiger partial charge >= 0.3 is 0 Å². The quantitative estimate of drug-likeness (QED) is 0.425. The number of aromatic amines is 1. The molecule has 158 valence electrons. The molecule has 6 heteroatoms. The highest BCUT2D eigenvalue weighted by atomic mass is 16.1. The summed E-state index contributed by atoms with van der Waals surface area (Å²) in [6.07, 6.45) is 1.57. The van der Waals surface area contributed by atoms with Crippen molar-refractivity contribution in [1.29, 1.82) is 0 Å². The van der Waals surface area contributed by atoms with E-state index in [1.165, 1.54) is 11.1 Å². The molecule has 0 unspecified atom stereocenters. The summed E-state index contributed by atoms with van der Waals surface area (Å²) >= 11 is 0. The van der Waals surface area contributed by atoms with Crippen LogP contribution in [0.3, 0.4) is 0 Å². The first-order valence-electron chi connectivity index (χ1n) is 10.6. The van der Waals surface area contributed by atoms with Crippen molar-refractivity contribution in [1.82, 2.24) is 24.6 Å². The van der Waals surface area contributed by atoms with E-state index in [1.807, 2.05) is 66.7 Å². The van der Waals surface area contributed by atoms with E-state index in [4.69, 9.17) is 4.98 Å². The highest BCUT2D eigenvalue weighted by molar-refractivity contribution is 5.75.